The van der Waals surface area contributed by atoms with Crippen molar-refractivity contribution in [3.63, 3.8) is 0 Å². The Morgan fingerprint density at radius 2 is 0.678 bits per heavy atom. The van der Waals surface area contributed by atoms with Crippen LogP contribution in [-0.2, 0) is 0 Å². The molecule has 0 aliphatic rings. The van der Waals surface area contributed by atoms with E-state index in [1.807, 2.05) is 36.4 Å². The third-order valence-corrected chi connectivity index (χ3v) is 29.4. The zero-order chi connectivity index (χ0) is 42.5. The molecule has 0 radical (unpaired) electrons. The lowest BCUT2D eigenvalue weighted by molar-refractivity contribution is 0.624. The van der Waals surface area contributed by atoms with Crippen LogP contribution in [0.25, 0.3) is 0 Å². The van der Waals surface area contributed by atoms with E-state index in [1.165, 1.54) is 124 Å². The maximum atomic E-state index is 16.5. The fourth-order valence-electron chi connectivity index (χ4n) is 9.25. The molecule has 7 heteroatoms. The molecular weight excluding hydrogens is 795 g/mol. The largest absolute Gasteiger partial charge is 0.245 e. The molecule has 4 aromatic rings. The van der Waals surface area contributed by atoms with Gasteiger partial charge in [-0.25, -0.2) is 13.2 Å². The summed E-state index contributed by atoms with van der Waals surface area (Å²) in [7, 11) is -6.14. The van der Waals surface area contributed by atoms with E-state index in [0.717, 1.165) is 30.0 Å². The molecule has 0 aliphatic carbocycles. The first-order valence-electron chi connectivity index (χ1n) is 23.9. The summed E-state index contributed by atoms with van der Waals surface area (Å²) >= 11 is 0. The van der Waals surface area contributed by atoms with Gasteiger partial charge in [0, 0.05) is 33.3 Å². The molecule has 4 aromatic carbocycles. The van der Waals surface area contributed by atoms with Gasteiger partial charge in [-0.1, -0.05) is 251 Å². The number of unbranched alkanes of at least 4 members (excludes halogenated alkanes) is 7. The highest BCUT2D eigenvalue weighted by atomic mass is 31.2. The van der Waals surface area contributed by atoms with Gasteiger partial charge in [-0.2, -0.15) is 0 Å². The van der Waals surface area contributed by atoms with Crippen LogP contribution in [0.3, 0.4) is 0 Å². The SMILES string of the molecule is CCCCN(P(c1ccc([Si](CCCC)(CCCC)CCCC)cc1)c1ccccc1F)P(c1ccc([Si](CCCC)(CCCC)CCCC)cc1)c1ccccc1F. The van der Waals surface area contributed by atoms with Crippen molar-refractivity contribution in [2.45, 2.75) is 175 Å². The molecule has 59 heavy (non-hydrogen) atoms. The standard InChI is InChI=1S/C52H79F2NP2Si2/c1-8-15-38-55(56(51-28-24-22-26-49(51)53)45-30-34-47(35-31-45)58(39-16-9-2,40-17-10-3)41-18-11-4)57(52-29-25-23-27-50(52)54)46-32-36-48(37-33-46)59(42-19-12-5,43-20-13-6)44-21-14-7/h22-37H,8-21,38-44H2,1-7H3. The normalized spacial score (nSPS) is 13.3. The summed E-state index contributed by atoms with van der Waals surface area (Å²) in [6, 6.07) is 42.3. The van der Waals surface area contributed by atoms with Crippen molar-refractivity contribution >= 4 is 63.9 Å². The van der Waals surface area contributed by atoms with Gasteiger partial charge in [-0.3, -0.25) is 0 Å². The van der Waals surface area contributed by atoms with Gasteiger partial charge >= 0.3 is 0 Å². The molecular formula is C52H79F2NP2Si2. The number of nitrogens with zero attached hydrogens (tertiary/aromatic N) is 1. The molecule has 0 bridgehead atoms. The van der Waals surface area contributed by atoms with E-state index < -0.39 is 32.3 Å². The van der Waals surface area contributed by atoms with Crippen LogP contribution < -0.4 is 31.6 Å². The predicted molar refractivity (Wildman–Crippen MR) is 269 cm³/mol. The second-order valence-corrected chi connectivity index (χ2v) is 31.1. The van der Waals surface area contributed by atoms with Gasteiger partial charge in [-0.15, -0.1) is 0 Å². The Morgan fingerprint density at radius 3 is 0.949 bits per heavy atom. The molecule has 0 aliphatic heterocycles. The average molecular weight is 874 g/mol. The molecule has 0 amide bonds. The molecule has 0 saturated carbocycles. The van der Waals surface area contributed by atoms with E-state index in [4.69, 9.17) is 0 Å². The minimum absolute atomic E-state index is 0.167. The highest BCUT2D eigenvalue weighted by molar-refractivity contribution is 7.84. The molecule has 0 saturated heterocycles. The third-order valence-electron chi connectivity index (χ3n) is 12.8. The smallest absolute Gasteiger partial charge is 0.132 e. The summed E-state index contributed by atoms with van der Waals surface area (Å²) in [5, 5.41) is 6.97. The van der Waals surface area contributed by atoms with Crippen LogP contribution in [0, 0.1) is 11.6 Å². The predicted octanol–water partition coefficient (Wildman–Crippen LogP) is 14.6. The lowest BCUT2D eigenvalue weighted by Gasteiger charge is -2.40. The summed E-state index contributed by atoms with van der Waals surface area (Å²) in [6.07, 6.45) is 17.1. The molecule has 0 fully saturated rings. The van der Waals surface area contributed by atoms with Crippen LogP contribution in [0.4, 0.5) is 8.78 Å². The van der Waals surface area contributed by atoms with E-state index in [-0.39, 0.29) is 11.6 Å². The van der Waals surface area contributed by atoms with Gasteiger partial charge in [0.05, 0.1) is 16.1 Å². The topological polar surface area (TPSA) is 3.24 Å². The Morgan fingerprint density at radius 1 is 0.390 bits per heavy atom. The van der Waals surface area contributed by atoms with Crippen molar-refractivity contribution in [1.82, 2.24) is 4.44 Å². The van der Waals surface area contributed by atoms with Crippen LogP contribution in [0.15, 0.2) is 97.1 Å². The molecule has 324 valence electrons. The monoisotopic (exact) mass is 874 g/mol. The van der Waals surface area contributed by atoms with Crippen LogP contribution in [-0.4, -0.2) is 27.1 Å². The molecule has 1 nitrogen and oxygen atoms in total. The summed E-state index contributed by atoms with van der Waals surface area (Å²) < 4.78 is 35.5. The van der Waals surface area contributed by atoms with Crippen LogP contribution in [0.5, 0.6) is 0 Å². The lowest BCUT2D eigenvalue weighted by Crippen LogP contribution is -2.48. The van der Waals surface area contributed by atoms with Crippen molar-refractivity contribution in [3.05, 3.63) is 109 Å². The van der Waals surface area contributed by atoms with E-state index in [0.29, 0.717) is 0 Å². The van der Waals surface area contributed by atoms with Gasteiger partial charge < -0.3 is 0 Å². The maximum absolute atomic E-state index is 16.5. The molecule has 2 unspecified atom stereocenters. The molecule has 0 N–H and O–H groups in total. The van der Waals surface area contributed by atoms with Gasteiger partial charge in [0.1, 0.15) is 11.6 Å². The van der Waals surface area contributed by atoms with Crippen LogP contribution in [0.1, 0.15) is 138 Å². The third kappa shape index (κ3) is 13.5. The highest BCUT2D eigenvalue weighted by Crippen LogP contribution is 2.55. The first-order chi connectivity index (χ1) is 28.8. The second kappa shape index (κ2) is 26.5. The maximum Gasteiger partial charge on any atom is 0.132 e. The number of hydrogen-bond donors (Lipinski definition) is 0. The number of halogens is 2. The van der Waals surface area contributed by atoms with Crippen molar-refractivity contribution in [1.29, 1.82) is 0 Å². The van der Waals surface area contributed by atoms with Crippen LogP contribution in [0.2, 0.25) is 36.3 Å². The zero-order valence-corrected chi connectivity index (χ0v) is 42.0. The summed E-state index contributed by atoms with van der Waals surface area (Å²) in [4.78, 5) is 0. The summed E-state index contributed by atoms with van der Waals surface area (Å²) in [5.41, 5.74) is 0. The molecule has 4 rings (SSSR count). The van der Waals surface area contributed by atoms with Crippen molar-refractivity contribution < 1.29 is 8.78 Å². The summed E-state index contributed by atoms with van der Waals surface area (Å²) in [5.74, 6) is -0.335. The molecule has 0 aromatic heterocycles. The van der Waals surface area contributed by atoms with Crippen molar-refractivity contribution in [2.24, 2.45) is 0 Å². The van der Waals surface area contributed by atoms with Gasteiger partial charge in [0.25, 0.3) is 0 Å². The number of benzene rings is 4. The minimum atomic E-state index is -1.73. The average Bonchev–Trinajstić information content (AvgIpc) is 3.27. The Labute approximate surface area is 365 Å². The summed E-state index contributed by atoms with van der Waals surface area (Å²) in [6.45, 7) is 17.0. The highest BCUT2D eigenvalue weighted by Gasteiger charge is 2.38. The van der Waals surface area contributed by atoms with E-state index >= 15 is 8.78 Å². The fraction of sp³-hybridized carbons (Fsp3) is 0.538. The van der Waals surface area contributed by atoms with E-state index in [9.17, 15) is 0 Å². The van der Waals surface area contributed by atoms with Crippen molar-refractivity contribution in [2.75, 3.05) is 6.54 Å². The van der Waals surface area contributed by atoms with Gasteiger partial charge in [0.2, 0.25) is 0 Å². The number of hydrogen-bond acceptors (Lipinski definition) is 1. The van der Waals surface area contributed by atoms with Crippen molar-refractivity contribution in [3.8, 4) is 0 Å². The quantitative estimate of drug-likeness (QED) is 0.0388. The van der Waals surface area contributed by atoms with Gasteiger partial charge in [-0.05, 0) is 41.3 Å². The van der Waals surface area contributed by atoms with E-state index in [1.54, 1.807) is 22.5 Å². The molecule has 0 heterocycles. The first kappa shape index (κ1) is 49.6. The fourth-order valence-corrected chi connectivity index (χ4v) is 26.5. The minimum Gasteiger partial charge on any atom is -0.245 e. The Balaban J connectivity index is 1.95. The Hall–Kier alpha value is -2.01. The second-order valence-electron chi connectivity index (χ2n) is 17.3. The number of rotatable bonds is 29. The molecule has 2 atom stereocenters. The Kier molecular flexibility index (Phi) is 22.3. The van der Waals surface area contributed by atoms with Crippen LogP contribution >= 0.6 is 16.1 Å². The zero-order valence-electron chi connectivity index (χ0n) is 38.2. The lowest BCUT2D eigenvalue weighted by atomic mass is 10.3. The van der Waals surface area contributed by atoms with Gasteiger partial charge in [0.15, 0.2) is 0 Å². The van der Waals surface area contributed by atoms with E-state index in [2.05, 4.69) is 101 Å². The molecule has 0 spiro atoms. The first-order valence-corrected chi connectivity index (χ1v) is 31.7. The Bertz CT molecular complexity index is 1580.